The molecule has 0 aliphatic rings. The Hall–Kier alpha value is -1.96. The maximum absolute atomic E-state index is 12.3. The van der Waals surface area contributed by atoms with Crippen LogP contribution in [0, 0.1) is 0 Å². The average Bonchev–Trinajstić information content (AvgIpc) is 3.05. The second kappa shape index (κ2) is 8.82. The Kier molecular flexibility index (Phi) is 6.46. The van der Waals surface area contributed by atoms with Crippen LogP contribution in [0.1, 0.15) is 13.8 Å². The molecule has 0 spiro atoms. The Labute approximate surface area is 171 Å². The van der Waals surface area contributed by atoms with E-state index in [9.17, 15) is 4.79 Å². The van der Waals surface area contributed by atoms with Gasteiger partial charge in [-0.25, -0.2) is 0 Å². The fraction of sp³-hybridized carbons (Fsp3) is 0.278. The quantitative estimate of drug-likeness (QED) is 0.561. The molecule has 142 valence electrons. The normalized spacial score (nSPS) is 11.0. The van der Waals surface area contributed by atoms with Crippen molar-refractivity contribution in [3.05, 3.63) is 46.6 Å². The number of nitrogens with zero attached hydrogens (tertiary/aromatic N) is 4. The minimum absolute atomic E-state index is 0.125. The number of fused-ring (bicyclic) bond motifs is 1. The smallest absolute Gasteiger partial charge is 0.234 e. The van der Waals surface area contributed by atoms with Gasteiger partial charge in [0.25, 0.3) is 0 Å². The lowest BCUT2D eigenvalue weighted by Gasteiger charge is -2.21. The summed E-state index contributed by atoms with van der Waals surface area (Å²) in [5, 5.41) is 12.4. The van der Waals surface area contributed by atoms with Gasteiger partial charge in [-0.1, -0.05) is 35.0 Å². The number of nitrogens with one attached hydrogen (secondary N) is 1. The summed E-state index contributed by atoms with van der Waals surface area (Å²) in [5.74, 6) is 0.0726. The van der Waals surface area contributed by atoms with Crippen LogP contribution < -0.4 is 10.2 Å². The number of hydrogen-bond donors (Lipinski definition) is 1. The fourth-order valence-electron chi connectivity index (χ4n) is 2.67. The molecular formula is C18H19Cl2N5OS. The lowest BCUT2D eigenvalue weighted by Crippen LogP contribution is -2.21. The molecule has 0 aliphatic carbocycles. The molecule has 6 nitrogen and oxygen atoms in total. The number of pyridine rings is 1. The molecule has 0 radical (unpaired) electrons. The predicted octanol–water partition coefficient (Wildman–Crippen LogP) is 4.61. The molecule has 0 atom stereocenters. The molecule has 2 heterocycles. The zero-order valence-corrected chi connectivity index (χ0v) is 17.3. The van der Waals surface area contributed by atoms with Gasteiger partial charge in [0.2, 0.25) is 5.91 Å². The molecule has 0 bridgehead atoms. The highest BCUT2D eigenvalue weighted by atomic mass is 35.5. The highest BCUT2D eigenvalue weighted by Gasteiger charge is 2.12. The Morgan fingerprint density at radius 3 is 2.56 bits per heavy atom. The van der Waals surface area contributed by atoms with Gasteiger partial charge in [-0.3, -0.25) is 9.20 Å². The van der Waals surface area contributed by atoms with Crippen LogP contribution in [0.25, 0.3) is 5.65 Å². The monoisotopic (exact) mass is 423 g/mol. The molecule has 9 heteroatoms. The summed E-state index contributed by atoms with van der Waals surface area (Å²) >= 11 is 13.4. The van der Waals surface area contributed by atoms with Crippen molar-refractivity contribution in [2.75, 3.05) is 29.1 Å². The SMILES string of the molecule is CCN(CC)c1ccc(NC(=O)CSc2nnc3c(Cl)cc(Cl)cn23)cc1. The van der Waals surface area contributed by atoms with Crippen LogP contribution in [0.2, 0.25) is 10.0 Å². The minimum atomic E-state index is -0.125. The second-order valence-corrected chi connectivity index (χ2v) is 7.52. The van der Waals surface area contributed by atoms with Crippen LogP contribution in [-0.2, 0) is 4.79 Å². The van der Waals surface area contributed by atoms with Crippen LogP contribution in [0.4, 0.5) is 11.4 Å². The number of carbonyl (C=O) groups excluding carboxylic acids is 1. The van der Waals surface area contributed by atoms with Gasteiger partial charge in [0.15, 0.2) is 10.8 Å². The van der Waals surface area contributed by atoms with E-state index in [0.717, 1.165) is 24.5 Å². The van der Waals surface area contributed by atoms with Crippen molar-refractivity contribution in [3.63, 3.8) is 0 Å². The van der Waals surface area contributed by atoms with Crippen molar-refractivity contribution in [1.82, 2.24) is 14.6 Å². The molecule has 2 aromatic heterocycles. The number of aromatic nitrogens is 3. The molecule has 0 saturated carbocycles. The van der Waals surface area contributed by atoms with E-state index in [2.05, 4.69) is 34.3 Å². The lowest BCUT2D eigenvalue weighted by molar-refractivity contribution is -0.113. The van der Waals surface area contributed by atoms with Gasteiger partial charge in [-0.2, -0.15) is 0 Å². The Morgan fingerprint density at radius 2 is 1.89 bits per heavy atom. The first-order valence-electron chi connectivity index (χ1n) is 8.49. The summed E-state index contributed by atoms with van der Waals surface area (Å²) < 4.78 is 1.68. The largest absolute Gasteiger partial charge is 0.372 e. The molecular weight excluding hydrogens is 405 g/mol. The summed E-state index contributed by atoms with van der Waals surface area (Å²) in [6.45, 7) is 6.12. The van der Waals surface area contributed by atoms with E-state index >= 15 is 0 Å². The van der Waals surface area contributed by atoms with Gasteiger partial charge >= 0.3 is 0 Å². The van der Waals surface area contributed by atoms with Crippen molar-refractivity contribution in [2.45, 2.75) is 19.0 Å². The Balaban J connectivity index is 1.62. The third-order valence-electron chi connectivity index (χ3n) is 4.01. The number of carbonyl (C=O) groups is 1. The van der Waals surface area contributed by atoms with Gasteiger partial charge in [-0.05, 0) is 44.2 Å². The van der Waals surface area contributed by atoms with Gasteiger partial charge in [-0.15, -0.1) is 10.2 Å². The number of halogens is 2. The summed E-state index contributed by atoms with van der Waals surface area (Å²) in [6.07, 6.45) is 1.68. The van der Waals surface area contributed by atoms with E-state index in [1.807, 2.05) is 24.3 Å². The standard InChI is InChI=1S/C18H19Cl2N5OS/c1-3-24(4-2)14-7-5-13(6-8-14)21-16(26)11-27-18-23-22-17-15(20)9-12(19)10-25(17)18/h5-10H,3-4,11H2,1-2H3,(H,21,26). The predicted molar refractivity (Wildman–Crippen MR) is 112 cm³/mol. The van der Waals surface area contributed by atoms with E-state index in [1.165, 1.54) is 11.8 Å². The first-order chi connectivity index (χ1) is 13.0. The van der Waals surface area contributed by atoms with Crippen LogP contribution in [-0.4, -0.2) is 39.3 Å². The molecule has 3 rings (SSSR count). The van der Waals surface area contributed by atoms with Gasteiger partial charge in [0, 0.05) is 30.7 Å². The van der Waals surface area contributed by atoms with E-state index < -0.39 is 0 Å². The zero-order chi connectivity index (χ0) is 19.4. The number of thioether (sulfide) groups is 1. The van der Waals surface area contributed by atoms with Crippen molar-refractivity contribution in [2.24, 2.45) is 0 Å². The fourth-order valence-corrected chi connectivity index (χ4v) is 3.89. The maximum Gasteiger partial charge on any atom is 0.234 e. The molecule has 0 fully saturated rings. The van der Waals surface area contributed by atoms with Crippen molar-refractivity contribution in [3.8, 4) is 0 Å². The third-order valence-corrected chi connectivity index (χ3v) is 5.44. The summed E-state index contributed by atoms with van der Waals surface area (Å²) in [6, 6.07) is 9.43. The Morgan fingerprint density at radius 1 is 1.19 bits per heavy atom. The maximum atomic E-state index is 12.3. The highest BCUT2D eigenvalue weighted by Crippen LogP contribution is 2.25. The molecule has 3 aromatic rings. The number of amides is 1. The third kappa shape index (κ3) is 4.66. The molecule has 0 saturated heterocycles. The second-order valence-electron chi connectivity index (χ2n) is 5.74. The van der Waals surface area contributed by atoms with Crippen LogP contribution in [0.15, 0.2) is 41.7 Å². The van der Waals surface area contributed by atoms with Gasteiger partial charge in [0.05, 0.1) is 15.8 Å². The minimum Gasteiger partial charge on any atom is -0.372 e. The molecule has 1 amide bonds. The summed E-state index contributed by atoms with van der Waals surface area (Å²) in [7, 11) is 0. The van der Waals surface area contributed by atoms with Gasteiger partial charge in [0.1, 0.15) is 0 Å². The molecule has 0 aliphatic heterocycles. The van der Waals surface area contributed by atoms with Crippen molar-refractivity contribution in [1.29, 1.82) is 0 Å². The number of hydrogen-bond acceptors (Lipinski definition) is 5. The lowest BCUT2D eigenvalue weighted by atomic mass is 10.2. The first-order valence-corrected chi connectivity index (χ1v) is 10.2. The van der Waals surface area contributed by atoms with Gasteiger partial charge < -0.3 is 10.2 Å². The molecule has 0 unspecified atom stereocenters. The van der Waals surface area contributed by atoms with Crippen LogP contribution >= 0.6 is 35.0 Å². The van der Waals surface area contributed by atoms with Crippen LogP contribution in [0.3, 0.4) is 0 Å². The first kappa shape index (κ1) is 19.8. The summed E-state index contributed by atoms with van der Waals surface area (Å²) in [5.41, 5.74) is 2.40. The molecule has 1 aromatic carbocycles. The Bertz CT molecular complexity index is 941. The summed E-state index contributed by atoms with van der Waals surface area (Å²) in [4.78, 5) is 14.5. The van der Waals surface area contributed by atoms with Crippen molar-refractivity contribution >= 4 is 57.9 Å². The average molecular weight is 424 g/mol. The van der Waals surface area contributed by atoms with E-state index in [-0.39, 0.29) is 11.7 Å². The molecule has 27 heavy (non-hydrogen) atoms. The molecule has 1 N–H and O–H groups in total. The number of benzene rings is 1. The highest BCUT2D eigenvalue weighted by molar-refractivity contribution is 7.99. The van der Waals surface area contributed by atoms with Crippen LogP contribution in [0.5, 0.6) is 0 Å². The zero-order valence-electron chi connectivity index (χ0n) is 14.9. The van der Waals surface area contributed by atoms with Crippen molar-refractivity contribution < 1.29 is 4.79 Å². The van der Waals surface area contributed by atoms with E-state index in [0.29, 0.717) is 20.8 Å². The topological polar surface area (TPSA) is 62.5 Å². The van der Waals surface area contributed by atoms with E-state index in [4.69, 9.17) is 23.2 Å². The van der Waals surface area contributed by atoms with E-state index in [1.54, 1.807) is 16.7 Å². The number of anilines is 2. The number of rotatable bonds is 7.